The van der Waals surface area contributed by atoms with Crippen LogP contribution in [0.1, 0.15) is 24.2 Å². The molecule has 26 heavy (non-hydrogen) atoms. The van der Waals surface area contributed by atoms with Gasteiger partial charge in [-0.25, -0.2) is 9.97 Å². The molecular weight excluding hydrogens is 322 g/mol. The van der Waals surface area contributed by atoms with Gasteiger partial charge in [0.15, 0.2) is 0 Å². The molecule has 0 radical (unpaired) electrons. The van der Waals surface area contributed by atoms with Crippen LogP contribution in [-0.2, 0) is 13.1 Å². The highest BCUT2D eigenvalue weighted by Crippen LogP contribution is 2.20. The summed E-state index contributed by atoms with van der Waals surface area (Å²) in [5.74, 6) is 0.945. The van der Waals surface area contributed by atoms with E-state index in [1.54, 1.807) is 0 Å². The third kappa shape index (κ3) is 4.67. The van der Waals surface area contributed by atoms with E-state index in [1.165, 1.54) is 44.6 Å². The molecule has 0 unspecified atom stereocenters. The quantitative estimate of drug-likeness (QED) is 0.826. The molecule has 2 saturated heterocycles. The van der Waals surface area contributed by atoms with E-state index in [2.05, 4.69) is 55.0 Å². The first-order valence-electron chi connectivity index (χ1n) is 9.85. The molecule has 5 nitrogen and oxygen atoms in total. The van der Waals surface area contributed by atoms with Crippen LogP contribution < -0.4 is 0 Å². The average Bonchev–Trinajstić information content (AvgIpc) is 2.71. The minimum Gasteiger partial charge on any atom is -0.298 e. The maximum absolute atomic E-state index is 4.36. The molecule has 0 atom stereocenters. The predicted octanol–water partition coefficient (Wildman–Crippen LogP) is 2.26. The Kier molecular flexibility index (Phi) is 5.89. The molecule has 2 aromatic rings. The summed E-state index contributed by atoms with van der Waals surface area (Å²) < 4.78 is 0. The fourth-order valence-corrected chi connectivity index (χ4v) is 4.18. The van der Waals surface area contributed by atoms with Gasteiger partial charge in [-0.15, -0.1) is 0 Å². The van der Waals surface area contributed by atoms with Gasteiger partial charge >= 0.3 is 0 Å². The molecule has 0 saturated carbocycles. The van der Waals surface area contributed by atoms with Crippen molar-refractivity contribution < 1.29 is 0 Å². The van der Waals surface area contributed by atoms with Gasteiger partial charge < -0.3 is 0 Å². The van der Waals surface area contributed by atoms with Crippen molar-refractivity contribution in [2.45, 2.75) is 32.0 Å². The van der Waals surface area contributed by atoms with Crippen molar-refractivity contribution in [3.05, 3.63) is 60.2 Å². The van der Waals surface area contributed by atoms with Gasteiger partial charge in [-0.2, -0.15) is 0 Å². The first-order chi connectivity index (χ1) is 12.9. The van der Waals surface area contributed by atoms with Gasteiger partial charge in [0.05, 0.1) is 6.54 Å². The average molecular weight is 351 g/mol. The van der Waals surface area contributed by atoms with Gasteiger partial charge in [0, 0.05) is 64.2 Å². The molecule has 2 aliphatic rings. The van der Waals surface area contributed by atoms with Gasteiger partial charge in [-0.1, -0.05) is 30.3 Å². The van der Waals surface area contributed by atoms with Crippen molar-refractivity contribution in [2.75, 3.05) is 39.3 Å². The van der Waals surface area contributed by atoms with Crippen LogP contribution in [-0.4, -0.2) is 70.0 Å². The van der Waals surface area contributed by atoms with Crippen molar-refractivity contribution in [3.63, 3.8) is 0 Å². The van der Waals surface area contributed by atoms with Crippen molar-refractivity contribution >= 4 is 0 Å². The zero-order chi connectivity index (χ0) is 17.6. The maximum Gasteiger partial charge on any atom is 0.142 e. The van der Waals surface area contributed by atoms with Gasteiger partial charge in [0.2, 0.25) is 0 Å². The molecule has 0 spiro atoms. The lowest BCUT2D eigenvalue weighted by molar-refractivity contribution is 0.0544. The van der Waals surface area contributed by atoms with Crippen molar-refractivity contribution in [1.82, 2.24) is 24.7 Å². The number of benzene rings is 1. The Morgan fingerprint density at radius 2 is 1.38 bits per heavy atom. The van der Waals surface area contributed by atoms with Crippen LogP contribution in [0.3, 0.4) is 0 Å². The Morgan fingerprint density at radius 3 is 2.08 bits per heavy atom. The molecule has 0 bridgehead atoms. The lowest BCUT2D eigenvalue weighted by Gasteiger charge is -2.42. The molecule has 0 amide bonds. The summed E-state index contributed by atoms with van der Waals surface area (Å²) in [5, 5.41) is 0. The van der Waals surface area contributed by atoms with Gasteiger partial charge in [-0.05, 0) is 24.5 Å². The molecule has 3 heterocycles. The van der Waals surface area contributed by atoms with Crippen molar-refractivity contribution in [3.8, 4) is 0 Å². The van der Waals surface area contributed by atoms with Gasteiger partial charge in [0.1, 0.15) is 5.82 Å². The van der Waals surface area contributed by atoms with Gasteiger partial charge in [0.25, 0.3) is 0 Å². The summed E-state index contributed by atoms with van der Waals surface area (Å²) in [7, 11) is 0. The molecule has 1 aromatic heterocycles. The predicted molar refractivity (Wildman–Crippen MR) is 104 cm³/mol. The molecule has 2 aliphatic heterocycles. The molecule has 0 aliphatic carbocycles. The standard InChI is InChI=1S/C21H29N5/c1-2-5-19(6-3-1)17-25-13-15-26(16-14-25)20-7-11-24(12-8-20)18-21-22-9-4-10-23-21/h1-6,9-10,20H,7-8,11-18H2. The van der Waals surface area contributed by atoms with Crippen molar-refractivity contribution in [1.29, 1.82) is 0 Å². The van der Waals surface area contributed by atoms with E-state index in [1.807, 2.05) is 18.5 Å². The Labute approximate surface area is 156 Å². The van der Waals surface area contributed by atoms with E-state index in [4.69, 9.17) is 0 Å². The molecule has 138 valence electrons. The zero-order valence-corrected chi connectivity index (χ0v) is 15.5. The summed E-state index contributed by atoms with van der Waals surface area (Å²) in [4.78, 5) is 16.5. The number of piperazine rings is 1. The van der Waals surface area contributed by atoms with E-state index < -0.39 is 0 Å². The van der Waals surface area contributed by atoms with E-state index in [0.29, 0.717) is 0 Å². The molecule has 5 heteroatoms. The summed E-state index contributed by atoms with van der Waals surface area (Å²) in [6.07, 6.45) is 6.21. The number of nitrogens with zero attached hydrogens (tertiary/aromatic N) is 5. The molecular formula is C21H29N5. The lowest BCUT2D eigenvalue weighted by atomic mass is 10.0. The van der Waals surface area contributed by atoms with Crippen LogP contribution >= 0.6 is 0 Å². The second kappa shape index (κ2) is 8.71. The normalized spacial score (nSPS) is 21.1. The number of hydrogen-bond acceptors (Lipinski definition) is 5. The van der Waals surface area contributed by atoms with Crippen LogP contribution in [0.2, 0.25) is 0 Å². The highest BCUT2D eigenvalue weighted by atomic mass is 15.3. The SMILES string of the molecule is c1ccc(CN2CCN(C3CCN(Cc4ncccn4)CC3)CC2)cc1. The Bertz CT molecular complexity index is 587. The highest BCUT2D eigenvalue weighted by Gasteiger charge is 2.27. The van der Waals surface area contributed by atoms with E-state index in [0.717, 1.165) is 38.0 Å². The largest absolute Gasteiger partial charge is 0.298 e. The second-order valence-electron chi connectivity index (χ2n) is 7.47. The van der Waals surface area contributed by atoms with E-state index >= 15 is 0 Å². The number of rotatable bonds is 5. The number of aromatic nitrogens is 2. The Balaban J connectivity index is 1.20. The van der Waals surface area contributed by atoms with Crippen LogP contribution in [0, 0.1) is 0 Å². The summed E-state index contributed by atoms with van der Waals surface area (Å²) >= 11 is 0. The molecule has 4 rings (SSSR count). The Morgan fingerprint density at radius 1 is 0.731 bits per heavy atom. The summed E-state index contributed by atoms with van der Waals surface area (Å²) in [6, 6.07) is 13.5. The number of piperidine rings is 1. The summed E-state index contributed by atoms with van der Waals surface area (Å²) in [5.41, 5.74) is 1.43. The number of hydrogen-bond donors (Lipinski definition) is 0. The lowest BCUT2D eigenvalue weighted by Crippen LogP contribution is -2.52. The topological polar surface area (TPSA) is 35.5 Å². The molecule has 0 N–H and O–H groups in total. The zero-order valence-electron chi connectivity index (χ0n) is 15.5. The smallest absolute Gasteiger partial charge is 0.142 e. The van der Waals surface area contributed by atoms with Crippen LogP contribution in [0.4, 0.5) is 0 Å². The third-order valence-electron chi connectivity index (χ3n) is 5.71. The summed E-state index contributed by atoms with van der Waals surface area (Å²) in [6.45, 7) is 9.08. The maximum atomic E-state index is 4.36. The molecule has 1 aromatic carbocycles. The molecule has 2 fully saturated rings. The van der Waals surface area contributed by atoms with E-state index in [-0.39, 0.29) is 0 Å². The van der Waals surface area contributed by atoms with Crippen LogP contribution in [0.25, 0.3) is 0 Å². The minimum absolute atomic E-state index is 0.752. The number of likely N-dealkylation sites (tertiary alicyclic amines) is 1. The van der Waals surface area contributed by atoms with E-state index in [9.17, 15) is 0 Å². The first kappa shape index (κ1) is 17.6. The fourth-order valence-electron chi connectivity index (χ4n) is 4.18. The highest BCUT2D eigenvalue weighted by molar-refractivity contribution is 5.14. The fraction of sp³-hybridized carbons (Fsp3) is 0.524. The van der Waals surface area contributed by atoms with Gasteiger partial charge in [-0.3, -0.25) is 14.7 Å². The minimum atomic E-state index is 0.752. The monoisotopic (exact) mass is 351 g/mol. The second-order valence-corrected chi connectivity index (χ2v) is 7.47. The first-order valence-corrected chi connectivity index (χ1v) is 9.85. The van der Waals surface area contributed by atoms with Crippen LogP contribution in [0.5, 0.6) is 0 Å². The van der Waals surface area contributed by atoms with Crippen molar-refractivity contribution in [2.24, 2.45) is 0 Å². The Hall–Kier alpha value is -1.82. The van der Waals surface area contributed by atoms with Crippen LogP contribution in [0.15, 0.2) is 48.8 Å². The third-order valence-corrected chi connectivity index (χ3v) is 5.71.